The van der Waals surface area contributed by atoms with E-state index >= 15 is 0 Å². The number of rotatable bonds is 8. The fourth-order valence-electron chi connectivity index (χ4n) is 1.70. The highest BCUT2D eigenvalue weighted by atomic mass is 16.3. The number of nitrogens with one attached hydrogen (secondary N) is 1. The van der Waals surface area contributed by atoms with E-state index in [1.54, 1.807) is 0 Å². The zero-order chi connectivity index (χ0) is 13.6. The molecule has 18 heavy (non-hydrogen) atoms. The molecule has 0 radical (unpaired) electrons. The van der Waals surface area contributed by atoms with Gasteiger partial charge in [0.05, 0.1) is 36.7 Å². The topological polar surface area (TPSA) is 90.5 Å². The molecule has 6 heteroatoms. The van der Waals surface area contributed by atoms with Crippen molar-refractivity contribution in [2.45, 2.75) is 38.9 Å². The van der Waals surface area contributed by atoms with E-state index in [1.165, 1.54) is 0 Å². The lowest BCUT2D eigenvalue weighted by Crippen LogP contribution is -2.54. The quantitative estimate of drug-likeness (QED) is 0.493. The first-order valence-electron chi connectivity index (χ1n) is 6.28. The molecule has 1 aromatic heterocycles. The molecule has 0 amide bonds. The van der Waals surface area contributed by atoms with Crippen LogP contribution in [0.4, 0.5) is 0 Å². The second kappa shape index (κ2) is 6.84. The number of aromatic nitrogens is 2. The zero-order valence-corrected chi connectivity index (χ0v) is 11.1. The van der Waals surface area contributed by atoms with E-state index in [2.05, 4.69) is 10.4 Å². The minimum atomic E-state index is -1.05. The second-order valence-corrected chi connectivity index (χ2v) is 4.40. The molecule has 1 rings (SSSR count). The van der Waals surface area contributed by atoms with E-state index in [0.29, 0.717) is 6.54 Å². The molecule has 0 fully saturated rings. The predicted molar refractivity (Wildman–Crippen MR) is 68.1 cm³/mol. The van der Waals surface area contributed by atoms with Crippen LogP contribution in [0.25, 0.3) is 0 Å². The Kier molecular flexibility index (Phi) is 5.74. The fourth-order valence-corrected chi connectivity index (χ4v) is 1.70. The summed E-state index contributed by atoms with van der Waals surface area (Å²) in [5.41, 5.74) is 0.945. The molecule has 0 aromatic carbocycles. The lowest BCUT2D eigenvalue weighted by molar-refractivity contribution is 0.0409. The molecule has 0 bridgehead atoms. The normalized spacial score (nSPS) is 12.1. The number of hydrogen-bond donors (Lipinski definition) is 4. The third kappa shape index (κ3) is 3.29. The van der Waals surface area contributed by atoms with Crippen molar-refractivity contribution in [1.82, 2.24) is 15.1 Å². The van der Waals surface area contributed by atoms with Crippen molar-refractivity contribution in [2.24, 2.45) is 0 Å². The van der Waals surface area contributed by atoms with E-state index in [-0.39, 0.29) is 19.8 Å². The molecule has 4 N–H and O–H groups in total. The number of aliphatic hydroxyl groups excluding tert-OH is 3. The average molecular weight is 257 g/mol. The standard InChI is InChI=1S/C12H23N3O3/c1-3-10-5-11(15(4-2)14-10)6-13-12(7-16,8-17)9-18/h5,13,16-18H,3-4,6-9H2,1-2H3. The van der Waals surface area contributed by atoms with E-state index in [9.17, 15) is 15.3 Å². The van der Waals surface area contributed by atoms with Gasteiger partial charge in [-0.1, -0.05) is 6.92 Å². The summed E-state index contributed by atoms with van der Waals surface area (Å²) in [4.78, 5) is 0. The molecule has 1 aromatic rings. The van der Waals surface area contributed by atoms with Crippen molar-refractivity contribution in [3.8, 4) is 0 Å². The van der Waals surface area contributed by atoms with Crippen LogP contribution in [-0.4, -0.2) is 50.5 Å². The third-order valence-corrected chi connectivity index (χ3v) is 3.13. The first kappa shape index (κ1) is 15.1. The van der Waals surface area contributed by atoms with Gasteiger partial charge >= 0.3 is 0 Å². The minimum Gasteiger partial charge on any atom is -0.394 e. The molecule has 104 valence electrons. The van der Waals surface area contributed by atoms with Crippen LogP contribution in [0.3, 0.4) is 0 Å². The molecular weight excluding hydrogens is 234 g/mol. The largest absolute Gasteiger partial charge is 0.394 e. The van der Waals surface area contributed by atoms with Crippen molar-refractivity contribution < 1.29 is 15.3 Å². The van der Waals surface area contributed by atoms with Crippen LogP contribution in [0.2, 0.25) is 0 Å². The van der Waals surface area contributed by atoms with Gasteiger partial charge in [0.2, 0.25) is 0 Å². The zero-order valence-electron chi connectivity index (χ0n) is 11.1. The SMILES string of the molecule is CCc1cc(CNC(CO)(CO)CO)n(CC)n1. The van der Waals surface area contributed by atoms with E-state index < -0.39 is 5.54 Å². The van der Waals surface area contributed by atoms with Crippen LogP contribution in [0.5, 0.6) is 0 Å². The van der Waals surface area contributed by atoms with Crippen LogP contribution >= 0.6 is 0 Å². The smallest absolute Gasteiger partial charge is 0.0884 e. The van der Waals surface area contributed by atoms with Crippen molar-refractivity contribution >= 4 is 0 Å². The number of hydrogen-bond acceptors (Lipinski definition) is 5. The summed E-state index contributed by atoms with van der Waals surface area (Å²) in [5, 5.41) is 35.1. The van der Waals surface area contributed by atoms with Gasteiger partial charge in [-0.25, -0.2) is 0 Å². The number of nitrogens with zero attached hydrogens (tertiary/aromatic N) is 2. The van der Waals surface area contributed by atoms with E-state index in [4.69, 9.17) is 0 Å². The Morgan fingerprint density at radius 3 is 2.28 bits per heavy atom. The van der Waals surface area contributed by atoms with E-state index in [0.717, 1.165) is 24.4 Å². The van der Waals surface area contributed by atoms with Crippen molar-refractivity contribution in [1.29, 1.82) is 0 Å². The first-order chi connectivity index (χ1) is 8.64. The Bertz CT molecular complexity index is 353. The van der Waals surface area contributed by atoms with Gasteiger partial charge in [-0.3, -0.25) is 10.00 Å². The third-order valence-electron chi connectivity index (χ3n) is 3.13. The fraction of sp³-hybridized carbons (Fsp3) is 0.750. The van der Waals surface area contributed by atoms with Gasteiger partial charge in [-0.05, 0) is 19.4 Å². The van der Waals surface area contributed by atoms with Gasteiger partial charge < -0.3 is 15.3 Å². The average Bonchev–Trinajstić information content (AvgIpc) is 2.83. The lowest BCUT2D eigenvalue weighted by atomic mass is 10.0. The highest BCUT2D eigenvalue weighted by Gasteiger charge is 2.27. The second-order valence-electron chi connectivity index (χ2n) is 4.40. The molecule has 0 unspecified atom stereocenters. The summed E-state index contributed by atoms with van der Waals surface area (Å²) < 4.78 is 1.88. The van der Waals surface area contributed by atoms with E-state index in [1.807, 2.05) is 24.6 Å². The van der Waals surface area contributed by atoms with Gasteiger partial charge in [0.1, 0.15) is 0 Å². The minimum absolute atomic E-state index is 0.319. The van der Waals surface area contributed by atoms with Crippen molar-refractivity contribution in [3.63, 3.8) is 0 Å². The molecule has 0 aliphatic rings. The molecular formula is C12H23N3O3. The van der Waals surface area contributed by atoms with Crippen LogP contribution < -0.4 is 5.32 Å². The molecule has 0 aliphatic carbocycles. The maximum absolute atomic E-state index is 9.23. The Balaban J connectivity index is 2.75. The molecule has 6 nitrogen and oxygen atoms in total. The van der Waals surface area contributed by atoms with Crippen molar-refractivity contribution in [2.75, 3.05) is 19.8 Å². The summed E-state index contributed by atoms with van der Waals surface area (Å²) in [7, 11) is 0. The molecule has 0 saturated heterocycles. The van der Waals surface area contributed by atoms with Gasteiger partial charge in [0, 0.05) is 13.1 Å². The summed E-state index contributed by atoms with van der Waals surface area (Å²) in [6.07, 6.45) is 0.866. The van der Waals surface area contributed by atoms with Gasteiger partial charge in [0.15, 0.2) is 0 Å². The monoisotopic (exact) mass is 257 g/mol. The first-order valence-corrected chi connectivity index (χ1v) is 6.28. The number of aryl methyl sites for hydroxylation is 2. The maximum Gasteiger partial charge on any atom is 0.0884 e. The van der Waals surface area contributed by atoms with Gasteiger partial charge in [0.25, 0.3) is 0 Å². The lowest BCUT2D eigenvalue weighted by Gasteiger charge is -2.28. The molecule has 0 aliphatic heterocycles. The number of aliphatic hydroxyl groups is 3. The molecule has 0 saturated carbocycles. The van der Waals surface area contributed by atoms with Crippen LogP contribution in [0, 0.1) is 0 Å². The maximum atomic E-state index is 9.23. The molecule has 1 heterocycles. The Morgan fingerprint density at radius 2 is 1.83 bits per heavy atom. The summed E-state index contributed by atoms with van der Waals surface area (Å²) in [6.45, 7) is 4.30. The van der Waals surface area contributed by atoms with Gasteiger partial charge in [-0.15, -0.1) is 0 Å². The summed E-state index contributed by atoms with van der Waals surface area (Å²) >= 11 is 0. The predicted octanol–water partition coefficient (Wildman–Crippen LogP) is -0.729. The Labute approximate surface area is 107 Å². The Hall–Kier alpha value is -0.950. The van der Waals surface area contributed by atoms with Crippen molar-refractivity contribution in [3.05, 3.63) is 17.5 Å². The summed E-state index contributed by atoms with van der Waals surface area (Å²) in [6, 6.07) is 1.99. The molecule has 0 spiro atoms. The highest BCUT2D eigenvalue weighted by molar-refractivity contribution is 5.11. The molecule has 0 atom stereocenters. The highest BCUT2D eigenvalue weighted by Crippen LogP contribution is 2.08. The van der Waals surface area contributed by atoms with Crippen LogP contribution in [0.15, 0.2) is 6.07 Å². The Morgan fingerprint density at radius 1 is 1.22 bits per heavy atom. The summed E-state index contributed by atoms with van der Waals surface area (Å²) in [5.74, 6) is 0. The van der Waals surface area contributed by atoms with Crippen LogP contribution in [-0.2, 0) is 19.5 Å². The van der Waals surface area contributed by atoms with Gasteiger partial charge in [-0.2, -0.15) is 5.10 Å². The van der Waals surface area contributed by atoms with Crippen LogP contribution in [0.1, 0.15) is 25.2 Å².